The number of fused-ring (bicyclic) bond motifs is 1. The van der Waals surface area contributed by atoms with E-state index in [1.165, 1.54) is 23.7 Å². The van der Waals surface area contributed by atoms with Crippen molar-refractivity contribution in [1.82, 2.24) is 20.3 Å². The van der Waals surface area contributed by atoms with Gasteiger partial charge >= 0.3 is 5.97 Å². The van der Waals surface area contributed by atoms with E-state index in [9.17, 15) is 9.59 Å². The number of esters is 1. The molecule has 0 fully saturated rings. The largest absolute Gasteiger partial charge is 0.463 e. The average Bonchev–Trinajstić information content (AvgIpc) is 3.05. The fourth-order valence-corrected chi connectivity index (χ4v) is 3.28. The fourth-order valence-electron chi connectivity index (χ4n) is 2.32. The van der Waals surface area contributed by atoms with Gasteiger partial charge in [0.1, 0.15) is 10.7 Å². The first kappa shape index (κ1) is 17.9. The van der Waals surface area contributed by atoms with Gasteiger partial charge in [-0.15, -0.1) is 11.3 Å². The van der Waals surface area contributed by atoms with Crippen molar-refractivity contribution in [2.45, 2.75) is 26.4 Å². The number of nitrogens with zero attached hydrogens (tertiary/aromatic N) is 3. The standard InChI is InChI=1S/C18H18N4O3S/c1-11(2)25-14(23)7-8-21-17(24)15-16(20-10-9-19-15)18-22-12-5-3-4-6-13(12)26-18/h3-6,9-11H,7-8H2,1-2H3,(H,21,24). The van der Waals surface area contributed by atoms with E-state index in [0.29, 0.717) is 10.7 Å². The summed E-state index contributed by atoms with van der Waals surface area (Å²) in [6, 6.07) is 7.72. The summed E-state index contributed by atoms with van der Waals surface area (Å²) in [4.78, 5) is 37.0. The number of amides is 1. The van der Waals surface area contributed by atoms with Gasteiger partial charge in [-0.25, -0.2) is 15.0 Å². The minimum absolute atomic E-state index is 0.0979. The van der Waals surface area contributed by atoms with Gasteiger partial charge in [0.2, 0.25) is 0 Å². The summed E-state index contributed by atoms with van der Waals surface area (Å²) in [5.74, 6) is -0.754. The number of ether oxygens (including phenoxy) is 1. The van der Waals surface area contributed by atoms with Gasteiger partial charge in [0, 0.05) is 18.9 Å². The monoisotopic (exact) mass is 370 g/mol. The zero-order valence-electron chi connectivity index (χ0n) is 14.4. The predicted molar refractivity (Wildman–Crippen MR) is 98.8 cm³/mol. The van der Waals surface area contributed by atoms with Gasteiger partial charge in [-0.3, -0.25) is 9.59 Å². The zero-order chi connectivity index (χ0) is 18.5. The Balaban J connectivity index is 1.74. The Labute approximate surface area is 154 Å². The zero-order valence-corrected chi connectivity index (χ0v) is 15.2. The second-order valence-electron chi connectivity index (χ2n) is 5.78. The molecule has 1 amide bonds. The number of thiazole rings is 1. The maximum absolute atomic E-state index is 12.5. The summed E-state index contributed by atoms with van der Waals surface area (Å²) in [6.45, 7) is 3.72. The molecule has 1 N–H and O–H groups in total. The summed E-state index contributed by atoms with van der Waals surface area (Å²) >= 11 is 1.45. The van der Waals surface area contributed by atoms with E-state index in [1.54, 1.807) is 13.8 Å². The summed E-state index contributed by atoms with van der Waals surface area (Å²) in [7, 11) is 0. The number of benzene rings is 1. The van der Waals surface area contributed by atoms with Gasteiger partial charge in [-0.05, 0) is 26.0 Å². The molecule has 7 nitrogen and oxygen atoms in total. The molecule has 0 spiro atoms. The van der Waals surface area contributed by atoms with Gasteiger partial charge in [-0.1, -0.05) is 12.1 Å². The SMILES string of the molecule is CC(C)OC(=O)CCNC(=O)c1nccnc1-c1nc2ccccc2s1. The summed E-state index contributed by atoms with van der Waals surface area (Å²) in [5, 5.41) is 3.31. The molecule has 134 valence electrons. The lowest BCUT2D eigenvalue weighted by Crippen LogP contribution is -2.28. The molecule has 26 heavy (non-hydrogen) atoms. The van der Waals surface area contributed by atoms with Crippen molar-refractivity contribution < 1.29 is 14.3 Å². The van der Waals surface area contributed by atoms with E-state index in [-0.39, 0.29) is 30.7 Å². The maximum atomic E-state index is 12.5. The van der Waals surface area contributed by atoms with E-state index in [0.717, 1.165) is 10.2 Å². The highest BCUT2D eigenvalue weighted by molar-refractivity contribution is 7.21. The molecule has 0 aliphatic heterocycles. The average molecular weight is 370 g/mol. The summed E-state index contributed by atoms with van der Waals surface area (Å²) in [5.41, 5.74) is 1.46. The van der Waals surface area contributed by atoms with Gasteiger partial charge in [0.25, 0.3) is 5.91 Å². The number of hydrogen-bond acceptors (Lipinski definition) is 7. The molecule has 8 heteroatoms. The number of carbonyl (C=O) groups is 2. The second-order valence-corrected chi connectivity index (χ2v) is 6.82. The highest BCUT2D eigenvalue weighted by Crippen LogP contribution is 2.29. The predicted octanol–water partition coefficient (Wildman–Crippen LogP) is 2.82. The minimum atomic E-state index is -0.398. The third kappa shape index (κ3) is 4.20. The molecule has 0 radical (unpaired) electrons. The Bertz CT molecular complexity index is 906. The van der Waals surface area contributed by atoms with E-state index in [4.69, 9.17) is 4.74 Å². The van der Waals surface area contributed by atoms with Crippen LogP contribution in [0.5, 0.6) is 0 Å². The van der Waals surface area contributed by atoms with Crippen LogP contribution in [0.1, 0.15) is 30.8 Å². The number of hydrogen-bond donors (Lipinski definition) is 1. The highest BCUT2D eigenvalue weighted by Gasteiger charge is 2.19. The van der Waals surface area contributed by atoms with Crippen LogP contribution in [0, 0.1) is 0 Å². The van der Waals surface area contributed by atoms with Gasteiger partial charge in [0.05, 0.1) is 22.7 Å². The topological polar surface area (TPSA) is 94.1 Å². The van der Waals surface area contributed by atoms with Crippen LogP contribution >= 0.6 is 11.3 Å². The normalized spacial score (nSPS) is 10.9. The Hall–Kier alpha value is -2.87. The van der Waals surface area contributed by atoms with Gasteiger partial charge in [-0.2, -0.15) is 0 Å². The van der Waals surface area contributed by atoms with Crippen LogP contribution in [0.25, 0.3) is 20.9 Å². The molecule has 0 aliphatic carbocycles. The van der Waals surface area contributed by atoms with Crippen molar-refractivity contribution in [3.05, 3.63) is 42.4 Å². The van der Waals surface area contributed by atoms with E-state index >= 15 is 0 Å². The molecule has 0 aliphatic rings. The molecule has 2 heterocycles. The van der Waals surface area contributed by atoms with Crippen LogP contribution < -0.4 is 5.32 Å². The summed E-state index contributed by atoms with van der Waals surface area (Å²) < 4.78 is 6.05. The first-order chi connectivity index (χ1) is 12.5. The first-order valence-corrected chi connectivity index (χ1v) is 9.01. The Morgan fingerprint density at radius 2 is 1.96 bits per heavy atom. The smallest absolute Gasteiger partial charge is 0.307 e. The Kier molecular flexibility index (Phi) is 5.52. The van der Waals surface area contributed by atoms with Crippen LogP contribution in [-0.4, -0.2) is 39.5 Å². The number of nitrogens with one attached hydrogen (secondary N) is 1. The van der Waals surface area contributed by atoms with Crippen LogP contribution in [0.15, 0.2) is 36.7 Å². The minimum Gasteiger partial charge on any atom is -0.463 e. The molecule has 0 unspecified atom stereocenters. The van der Waals surface area contributed by atoms with E-state index in [2.05, 4.69) is 20.3 Å². The number of carbonyl (C=O) groups excluding carboxylic acids is 2. The van der Waals surface area contributed by atoms with Crippen molar-refractivity contribution in [3.63, 3.8) is 0 Å². The lowest BCUT2D eigenvalue weighted by Gasteiger charge is -2.09. The van der Waals surface area contributed by atoms with Crippen molar-refractivity contribution in [1.29, 1.82) is 0 Å². The first-order valence-electron chi connectivity index (χ1n) is 8.19. The van der Waals surface area contributed by atoms with Crippen LogP contribution in [-0.2, 0) is 9.53 Å². The second kappa shape index (κ2) is 8.01. The maximum Gasteiger partial charge on any atom is 0.307 e. The number of para-hydroxylation sites is 1. The third-order valence-electron chi connectivity index (χ3n) is 3.39. The lowest BCUT2D eigenvalue weighted by molar-refractivity contribution is -0.147. The molecule has 0 saturated carbocycles. The molecule has 0 atom stereocenters. The molecule has 3 rings (SSSR count). The number of rotatable bonds is 6. The quantitative estimate of drug-likeness (QED) is 0.671. The molecule has 0 bridgehead atoms. The molecular weight excluding hydrogens is 352 g/mol. The number of aromatic nitrogens is 3. The van der Waals surface area contributed by atoms with Crippen molar-refractivity contribution in [2.24, 2.45) is 0 Å². The molecule has 1 aromatic carbocycles. The lowest BCUT2D eigenvalue weighted by atomic mass is 10.2. The molecular formula is C18H18N4O3S. The van der Waals surface area contributed by atoms with Crippen molar-refractivity contribution in [2.75, 3.05) is 6.54 Å². The van der Waals surface area contributed by atoms with Gasteiger partial charge in [0.15, 0.2) is 5.69 Å². The van der Waals surface area contributed by atoms with Crippen LogP contribution in [0.2, 0.25) is 0 Å². The van der Waals surface area contributed by atoms with E-state index < -0.39 is 5.91 Å². The van der Waals surface area contributed by atoms with Crippen LogP contribution in [0.4, 0.5) is 0 Å². The van der Waals surface area contributed by atoms with E-state index in [1.807, 2.05) is 24.3 Å². The van der Waals surface area contributed by atoms with Crippen molar-refractivity contribution in [3.8, 4) is 10.7 Å². The Morgan fingerprint density at radius 1 is 1.19 bits per heavy atom. The van der Waals surface area contributed by atoms with Crippen LogP contribution in [0.3, 0.4) is 0 Å². The molecule has 2 aromatic heterocycles. The third-order valence-corrected chi connectivity index (χ3v) is 4.43. The van der Waals surface area contributed by atoms with Gasteiger partial charge < -0.3 is 10.1 Å². The Morgan fingerprint density at radius 3 is 2.73 bits per heavy atom. The molecule has 3 aromatic rings. The summed E-state index contributed by atoms with van der Waals surface area (Å²) in [6.07, 6.45) is 2.90. The highest BCUT2D eigenvalue weighted by atomic mass is 32.1. The molecule has 0 saturated heterocycles. The van der Waals surface area contributed by atoms with Crippen molar-refractivity contribution >= 4 is 33.4 Å². The fraction of sp³-hybridized carbons (Fsp3) is 0.278.